The second-order valence-electron chi connectivity index (χ2n) is 5.67. The SMILES string of the molecule is BrN1N=C(c2ccccc2)C(c2ccccc2)=C(c2ccccc2)N1. The van der Waals surface area contributed by atoms with E-state index in [1.165, 1.54) is 0 Å². The largest absolute Gasteiger partial charge is 0.271 e. The van der Waals surface area contributed by atoms with Gasteiger partial charge in [0.25, 0.3) is 0 Å². The van der Waals surface area contributed by atoms with Crippen molar-refractivity contribution in [3.8, 4) is 0 Å². The Kier molecular flexibility index (Phi) is 4.36. The summed E-state index contributed by atoms with van der Waals surface area (Å²) in [5.41, 5.74) is 9.63. The van der Waals surface area contributed by atoms with Gasteiger partial charge in [-0.05, 0) is 5.56 Å². The molecule has 1 heterocycles. The molecule has 4 rings (SSSR count). The third-order valence-corrected chi connectivity index (χ3v) is 4.39. The molecule has 1 aliphatic rings. The van der Waals surface area contributed by atoms with Crippen LogP contribution in [0.2, 0.25) is 0 Å². The number of hydrogen-bond acceptors (Lipinski definition) is 3. The molecule has 0 spiro atoms. The van der Waals surface area contributed by atoms with E-state index < -0.39 is 0 Å². The van der Waals surface area contributed by atoms with Crippen LogP contribution in [0.3, 0.4) is 0 Å². The normalized spacial score (nSPS) is 14.1. The standard InChI is InChI=1S/C21H16BrN3/c22-25-23-20(17-12-6-2-7-13-17)19(16-10-4-1-5-11-16)21(24-25)18-14-8-3-9-15-18/h1-15,23H. The van der Waals surface area contributed by atoms with Gasteiger partial charge >= 0.3 is 0 Å². The average molecular weight is 390 g/mol. The van der Waals surface area contributed by atoms with Gasteiger partial charge in [0, 0.05) is 16.7 Å². The Morgan fingerprint density at radius 2 is 1.12 bits per heavy atom. The molecule has 0 aliphatic carbocycles. The molecule has 0 saturated heterocycles. The predicted molar refractivity (Wildman–Crippen MR) is 107 cm³/mol. The number of nitrogens with zero attached hydrogens (tertiary/aromatic N) is 2. The fraction of sp³-hybridized carbons (Fsp3) is 0. The number of hydrazone groups is 1. The predicted octanol–water partition coefficient (Wildman–Crippen LogP) is 5.09. The first-order valence-electron chi connectivity index (χ1n) is 8.05. The molecule has 0 radical (unpaired) electrons. The van der Waals surface area contributed by atoms with Gasteiger partial charge in [-0.2, -0.15) is 0 Å². The molecule has 122 valence electrons. The van der Waals surface area contributed by atoms with Crippen LogP contribution in [-0.4, -0.2) is 9.86 Å². The van der Waals surface area contributed by atoms with Gasteiger partial charge in [-0.1, -0.05) is 91.0 Å². The summed E-state index contributed by atoms with van der Waals surface area (Å²) in [7, 11) is 0. The molecule has 0 unspecified atom stereocenters. The molecule has 0 aromatic heterocycles. The minimum atomic E-state index is 0.918. The van der Waals surface area contributed by atoms with Crippen molar-refractivity contribution in [2.45, 2.75) is 0 Å². The van der Waals surface area contributed by atoms with Crippen molar-refractivity contribution < 1.29 is 0 Å². The highest BCUT2D eigenvalue weighted by atomic mass is 79.9. The van der Waals surface area contributed by atoms with Crippen molar-refractivity contribution in [2.24, 2.45) is 5.10 Å². The van der Waals surface area contributed by atoms with E-state index in [4.69, 9.17) is 0 Å². The molecule has 0 amide bonds. The first kappa shape index (κ1) is 15.7. The van der Waals surface area contributed by atoms with Gasteiger partial charge in [-0.3, -0.25) is 5.43 Å². The van der Waals surface area contributed by atoms with Gasteiger partial charge in [-0.25, -0.2) is 0 Å². The van der Waals surface area contributed by atoms with Gasteiger partial charge in [0.15, 0.2) is 0 Å². The molecule has 25 heavy (non-hydrogen) atoms. The average Bonchev–Trinajstić information content (AvgIpc) is 2.69. The van der Waals surface area contributed by atoms with Gasteiger partial charge in [0.2, 0.25) is 0 Å². The van der Waals surface area contributed by atoms with E-state index in [1.807, 2.05) is 54.6 Å². The van der Waals surface area contributed by atoms with Crippen LogP contribution >= 0.6 is 16.1 Å². The lowest BCUT2D eigenvalue weighted by atomic mass is 9.91. The lowest BCUT2D eigenvalue weighted by Crippen LogP contribution is -2.31. The highest BCUT2D eigenvalue weighted by Crippen LogP contribution is 2.32. The Bertz CT molecular complexity index is 919. The molecule has 3 aromatic carbocycles. The van der Waals surface area contributed by atoms with Crippen molar-refractivity contribution in [1.82, 2.24) is 9.57 Å². The van der Waals surface area contributed by atoms with Crippen LogP contribution in [0.25, 0.3) is 11.3 Å². The molecule has 0 atom stereocenters. The summed E-state index contributed by atoms with van der Waals surface area (Å²) in [6.07, 6.45) is 0. The summed E-state index contributed by atoms with van der Waals surface area (Å²) >= 11 is 3.46. The van der Waals surface area contributed by atoms with Crippen LogP contribution in [0.15, 0.2) is 96.1 Å². The number of allylic oxidation sites excluding steroid dienone is 1. The quantitative estimate of drug-likeness (QED) is 0.631. The number of hydrazine groups is 1. The van der Waals surface area contributed by atoms with Crippen LogP contribution < -0.4 is 5.43 Å². The fourth-order valence-electron chi connectivity index (χ4n) is 2.93. The van der Waals surface area contributed by atoms with Crippen LogP contribution in [-0.2, 0) is 0 Å². The maximum absolute atomic E-state index is 4.68. The maximum Gasteiger partial charge on any atom is 0.103 e. The summed E-state index contributed by atoms with van der Waals surface area (Å²) in [5, 5.41) is 4.68. The Labute approximate surface area is 155 Å². The molecule has 0 fully saturated rings. The molecule has 4 heteroatoms. The Morgan fingerprint density at radius 3 is 1.68 bits per heavy atom. The zero-order valence-corrected chi connectivity index (χ0v) is 15.0. The van der Waals surface area contributed by atoms with E-state index in [-0.39, 0.29) is 0 Å². The van der Waals surface area contributed by atoms with Crippen molar-refractivity contribution in [2.75, 3.05) is 0 Å². The highest BCUT2D eigenvalue weighted by molar-refractivity contribution is 9.07. The third-order valence-electron chi connectivity index (χ3n) is 4.05. The van der Waals surface area contributed by atoms with Crippen LogP contribution in [0.5, 0.6) is 0 Å². The van der Waals surface area contributed by atoms with Gasteiger partial charge in [-0.15, -0.1) is 9.25 Å². The summed E-state index contributed by atoms with van der Waals surface area (Å²) in [6.45, 7) is 0. The molecule has 1 aliphatic heterocycles. The molecule has 3 aromatic rings. The first-order valence-corrected chi connectivity index (χ1v) is 8.76. The molecule has 1 N–H and O–H groups in total. The van der Waals surface area contributed by atoms with E-state index in [1.54, 1.807) is 4.14 Å². The number of nitrogens with one attached hydrogen (secondary N) is 1. The van der Waals surface area contributed by atoms with Gasteiger partial charge < -0.3 is 0 Å². The topological polar surface area (TPSA) is 27.6 Å². The minimum Gasteiger partial charge on any atom is -0.271 e. The van der Waals surface area contributed by atoms with E-state index in [2.05, 4.69) is 63.1 Å². The Morgan fingerprint density at radius 1 is 0.640 bits per heavy atom. The monoisotopic (exact) mass is 389 g/mol. The molecule has 3 nitrogen and oxygen atoms in total. The van der Waals surface area contributed by atoms with Crippen molar-refractivity contribution >= 4 is 33.1 Å². The van der Waals surface area contributed by atoms with Gasteiger partial charge in [0.1, 0.15) is 5.71 Å². The summed E-state index contributed by atoms with van der Waals surface area (Å²) in [4.78, 5) is 0. The van der Waals surface area contributed by atoms with Gasteiger partial charge in [0.05, 0.1) is 21.8 Å². The number of rotatable bonds is 3. The Balaban J connectivity index is 1.97. The zero-order chi connectivity index (χ0) is 17.1. The molecular weight excluding hydrogens is 374 g/mol. The van der Waals surface area contributed by atoms with Crippen LogP contribution in [0, 0.1) is 0 Å². The maximum atomic E-state index is 4.68. The van der Waals surface area contributed by atoms with E-state index in [0.29, 0.717) is 0 Å². The number of benzene rings is 3. The lowest BCUT2D eigenvalue weighted by Gasteiger charge is -2.27. The molecule has 0 bridgehead atoms. The van der Waals surface area contributed by atoms with E-state index in [0.717, 1.165) is 33.7 Å². The highest BCUT2D eigenvalue weighted by Gasteiger charge is 2.24. The minimum absolute atomic E-state index is 0.918. The fourth-order valence-corrected chi connectivity index (χ4v) is 3.26. The number of hydrogen-bond donors (Lipinski definition) is 1. The summed E-state index contributed by atoms with van der Waals surface area (Å²) in [5.74, 6) is 0. The molecule has 0 saturated carbocycles. The van der Waals surface area contributed by atoms with Crippen molar-refractivity contribution in [3.63, 3.8) is 0 Å². The second kappa shape index (κ2) is 6.95. The lowest BCUT2D eigenvalue weighted by molar-refractivity contribution is 0.460. The molecular formula is C21H16BrN3. The summed E-state index contributed by atoms with van der Waals surface area (Å²) in [6, 6.07) is 30.9. The number of halogens is 1. The van der Waals surface area contributed by atoms with Crippen LogP contribution in [0.1, 0.15) is 16.7 Å². The first-order chi connectivity index (χ1) is 12.3. The Hall–Kier alpha value is -2.85. The second-order valence-corrected chi connectivity index (χ2v) is 6.34. The smallest absolute Gasteiger partial charge is 0.103 e. The zero-order valence-electron chi connectivity index (χ0n) is 13.4. The van der Waals surface area contributed by atoms with Crippen molar-refractivity contribution in [3.05, 3.63) is 108 Å². The summed E-state index contributed by atoms with van der Waals surface area (Å²) < 4.78 is 1.59. The van der Waals surface area contributed by atoms with E-state index >= 15 is 0 Å². The van der Waals surface area contributed by atoms with Crippen LogP contribution in [0.4, 0.5) is 0 Å². The van der Waals surface area contributed by atoms with E-state index in [9.17, 15) is 0 Å². The van der Waals surface area contributed by atoms with Crippen molar-refractivity contribution in [1.29, 1.82) is 0 Å². The third kappa shape index (κ3) is 3.21.